The molecule has 0 heterocycles. The van der Waals surface area contributed by atoms with E-state index in [0.717, 1.165) is 13.8 Å². The van der Waals surface area contributed by atoms with Crippen LogP contribution in [0.5, 0.6) is 5.75 Å². The summed E-state index contributed by atoms with van der Waals surface area (Å²) in [6, 6.07) is 3.26. The van der Waals surface area contributed by atoms with E-state index >= 15 is 0 Å². The molecule has 0 spiro atoms. The number of aliphatic hydroxyl groups is 3. The number of phenolic OH excluding ortho intramolecular Hbond substituents is 1. The Morgan fingerprint density at radius 2 is 1.04 bits per heavy atom. The van der Waals surface area contributed by atoms with Crippen LogP contribution in [-0.2, 0) is 60.8 Å². The number of aromatic hydroxyl groups is 1. The molecule has 0 radical (unpaired) electrons. The molecule has 9 atom stereocenters. The fourth-order valence-corrected chi connectivity index (χ4v) is 6.36. The number of phenols is 1. The summed E-state index contributed by atoms with van der Waals surface area (Å²) >= 11 is 0. The van der Waals surface area contributed by atoms with Gasteiger partial charge in [0.2, 0.25) is 53.2 Å². The summed E-state index contributed by atoms with van der Waals surface area (Å²) in [4.78, 5) is 129. The van der Waals surface area contributed by atoms with Gasteiger partial charge in [-0.25, -0.2) is 4.79 Å². The van der Waals surface area contributed by atoms with Crippen LogP contribution in [0.25, 0.3) is 0 Å². The highest BCUT2D eigenvalue weighted by Gasteiger charge is 2.34. The average molecular weight is 988 g/mol. The fraction of sp³-hybridized carbons (Fsp3) is 0.500. The van der Waals surface area contributed by atoms with Crippen molar-refractivity contribution < 1.29 is 73.5 Å². The summed E-state index contributed by atoms with van der Waals surface area (Å²) in [5, 5.41) is 70.5. The van der Waals surface area contributed by atoms with E-state index in [9.17, 15) is 73.5 Å². The van der Waals surface area contributed by atoms with Crippen LogP contribution in [0.1, 0.15) is 51.2 Å². The number of benzene rings is 2. The molecule has 0 saturated carbocycles. The average Bonchev–Trinajstić information content (AvgIpc) is 3.32. The maximum absolute atomic E-state index is 13.7. The third-order valence-electron chi connectivity index (χ3n) is 10.3. The Morgan fingerprint density at radius 3 is 1.61 bits per heavy atom. The second-order valence-electron chi connectivity index (χ2n) is 16.1. The summed E-state index contributed by atoms with van der Waals surface area (Å²) in [6.07, 6.45) is -2.49. The van der Waals surface area contributed by atoms with E-state index in [1.165, 1.54) is 31.2 Å². The molecule has 2 aromatic rings. The van der Waals surface area contributed by atoms with Crippen LogP contribution >= 0.6 is 0 Å². The van der Waals surface area contributed by atoms with Crippen molar-refractivity contribution in [3.63, 3.8) is 0 Å². The van der Waals surface area contributed by atoms with Crippen molar-refractivity contribution in [2.24, 2.45) is 11.5 Å². The van der Waals surface area contributed by atoms with Crippen molar-refractivity contribution in [2.75, 3.05) is 32.8 Å². The van der Waals surface area contributed by atoms with Gasteiger partial charge in [0, 0.05) is 12.8 Å². The predicted octanol–water partition coefficient (Wildman–Crippen LogP) is -6.25. The quantitative estimate of drug-likeness (QED) is 0.0324. The van der Waals surface area contributed by atoms with Gasteiger partial charge in [-0.2, -0.15) is 0 Å². The Morgan fingerprint density at radius 1 is 0.529 bits per heavy atom. The maximum Gasteiger partial charge on any atom is 0.326 e. The number of carbonyl (C=O) groups is 10. The van der Waals surface area contributed by atoms with Gasteiger partial charge in [0.15, 0.2) is 0 Å². The van der Waals surface area contributed by atoms with Gasteiger partial charge in [0.1, 0.15) is 48.0 Å². The molecule has 0 aromatic heterocycles. The second-order valence-corrected chi connectivity index (χ2v) is 16.1. The molecular weight excluding hydrogens is 923 g/mol. The first-order chi connectivity index (χ1) is 33.1. The Hall–Kier alpha value is -7.26. The van der Waals surface area contributed by atoms with Crippen LogP contribution in [0.3, 0.4) is 0 Å². The Labute approximate surface area is 402 Å². The molecule has 0 bridgehead atoms. The summed E-state index contributed by atoms with van der Waals surface area (Å²) < 4.78 is 0. The third kappa shape index (κ3) is 20.9. The molecular formula is C44H65N11O15. The number of carboxylic acids is 1. The number of aliphatic carboxylic acids is 1. The van der Waals surface area contributed by atoms with E-state index in [-0.39, 0.29) is 31.6 Å². The smallest absolute Gasteiger partial charge is 0.326 e. The number of amides is 9. The molecule has 18 N–H and O–H groups in total. The fourth-order valence-electron chi connectivity index (χ4n) is 6.36. The van der Waals surface area contributed by atoms with Crippen molar-refractivity contribution in [2.45, 2.75) is 107 Å². The first-order valence-corrected chi connectivity index (χ1v) is 22.2. The predicted molar refractivity (Wildman–Crippen MR) is 247 cm³/mol. The summed E-state index contributed by atoms with van der Waals surface area (Å²) in [5.74, 6) is -9.94. The van der Waals surface area contributed by atoms with Crippen LogP contribution in [0, 0.1) is 0 Å². The van der Waals surface area contributed by atoms with Gasteiger partial charge in [-0.05, 0) is 69.8 Å². The molecule has 26 heteroatoms. The lowest BCUT2D eigenvalue weighted by atomic mass is 10.0. The minimum absolute atomic E-state index is 0.0747. The molecule has 2 rings (SSSR count). The van der Waals surface area contributed by atoms with Gasteiger partial charge in [-0.1, -0.05) is 42.5 Å². The Balaban J connectivity index is 2.09. The zero-order chi connectivity index (χ0) is 52.5. The second kappa shape index (κ2) is 30.3. The molecule has 0 unspecified atom stereocenters. The number of unbranched alkanes of at least 4 members (excludes halogenated alkanes) is 1. The van der Waals surface area contributed by atoms with E-state index in [0.29, 0.717) is 30.5 Å². The monoisotopic (exact) mass is 987 g/mol. The number of nitrogens with two attached hydrogens (primary N) is 2. The topological polar surface area (TPSA) is 432 Å². The summed E-state index contributed by atoms with van der Waals surface area (Å²) in [6.45, 7) is 1.03. The van der Waals surface area contributed by atoms with Gasteiger partial charge in [0.25, 0.3) is 0 Å². The first-order valence-electron chi connectivity index (χ1n) is 22.2. The highest BCUT2D eigenvalue weighted by atomic mass is 16.4. The minimum Gasteiger partial charge on any atom is -0.508 e. The maximum atomic E-state index is 13.7. The lowest BCUT2D eigenvalue weighted by Gasteiger charge is -2.26. The molecule has 0 saturated heterocycles. The number of rotatable bonds is 30. The van der Waals surface area contributed by atoms with Crippen molar-refractivity contribution in [3.8, 4) is 5.75 Å². The van der Waals surface area contributed by atoms with Gasteiger partial charge in [0.05, 0.1) is 38.4 Å². The van der Waals surface area contributed by atoms with Gasteiger partial charge < -0.3 is 84.9 Å². The molecule has 70 heavy (non-hydrogen) atoms. The lowest BCUT2D eigenvalue weighted by Crippen LogP contribution is -2.61. The largest absolute Gasteiger partial charge is 0.508 e. The van der Waals surface area contributed by atoms with E-state index in [1.54, 1.807) is 30.3 Å². The van der Waals surface area contributed by atoms with Gasteiger partial charge >= 0.3 is 5.97 Å². The highest BCUT2D eigenvalue weighted by Crippen LogP contribution is 2.12. The van der Waals surface area contributed by atoms with Crippen LogP contribution in [0.4, 0.5) is 0 Å². The van der Waals surface area contributed by atoms with Crippen LogP contribution < -0.4 is 59.3 Å². The SMILES string of the molecule is C[C@H](NC(=O)[C@H](Cc1ccccc1)NC(=O)[C@H](CCCCN)NC(=O)CNC(=O)CN)C(=O)N[C@H](C(=O)NCC(=O)N[C@H](C(=O)N[C@@H](CO)C(=O)N[C@@H](Cc1ccc(O)cc1)C(=O)O)[C@@H](C)O)[C@@H](C)O. The van der Waals surface area contributed by atoms with Crippen molar-refractivity contribution in [1.82, 2.24) is 47.9 Å². The lowest BCUT2D eigenvalue weighted by molar-refractivity contribution is -0.142. The minimum atomic E-state index is -1.79. The Bertz CT molecular complexity index is 2090. The number of hydrogen-bond donors (Lipinski definition) is 16. The number of carboxylic acid groups (broad SMARTS) is 1. The zero-order valence-electron chi connectivity index (χ0n) is 38.9. The van der Waals surface area contributed by atoms with Crippen molar-refractivity contribution >= 4 is 59.1 Å². The van der Waals surface area contributed by atoms with Crippen LogP contribution in [-0.4, -0.2) is 172 Å². The summed E-state index contributed by atoms with van der Waals surface area (Å²) in [5.41, 5.74) is 11.9. The van der Waals surface area contributed by atoms with Gasteiger partial charge in [-0.3, -0.25) is 43.2 Å². The van der Waals surface area contributed by atoms with E-state index in [2.05, 4.69) is 47.9 Å². The molecule has 0 aliphatic rings. The molecule has 0 aliphatic heterocycles. The van der Waals surface area contributed by atoms with E-state index < -0.39 is 133 Å². The standard InChI is InChI=1S/C44H65N11O15/c1-23(49-40(65)30(17-26-9-5-4-6-10-26)51-39(64)29(11-7-8-16-45)50-34(61)20-47-33(60)19-46)38(63)55-36(24(2)57)42(67)48-21-35(62)54-37(25(3)58)43(68)53-32(22-56)41(66)52-31(44(69)70)18-27-12-14-28(59)15-13-27/h4-6,9-10,12-15,23-25,29-32,36-37,56-59H,7-8,11,16-22,45-46H2,1-3H3,(H,47,60)(H,48,67)(H,49,65)(H,50,61)(H,51,64)(H,52,66)(H,53,68)(H,54,62)(H,55,63)(H,69,70)/t23-,24+,25+,29-,30-,31-,32-,36-,37-/m0/s1. The molecule has 2 aromatic carbocycles. The van der Waals surface area contributed by atoms with Gasteiger partial charge in [-0.15, -0.1) is 0 Å². The van der Waals surface area contributed by atoms with Crippen molar-refractivity contribution in [3.05, 3.63) is 65.7 Å². The zero-order valence-corrected chi connectivity index (χ0v) is 38.9. The molecule has 26 nitrogen and oxygen atoms in total. The number of nitrogens with one attached hydrogen (secondary N) is 9. The number of hydrogen-bond acceptors (Lipinski definition) is 16. The third-order valence-corrected chi connectivity index (χ3v) is 10.3. The summed E-state index contributed by atoms with van der Waals surface area (Å²) in [7, 11) is 0. The number of carbonyl (C=O) groups excluding carboxylic acids is 9. The molecule has 386 valence electrons. The molecule has 0 fully saturated rings. The van der Waals surface area contributed by atoms with Crippen LogP contribution in [0.15, 0.2) is 54.6 Å². The molecule has 0 aliphatic carbocycles. The first kappa shape index (κ1) is 58.9. The Kier molecular flexibility index (Phi) is 25.5. The molecule has 9 amide bonds. The van der Waals surface area contributed by atoms with Crippen molar-refractivity contribution in [1.29, 1.82) is 0 Å². The highest BCUT2D eigenvalue weighted by molar-refractivity contribution is 5.97. The number of aliphatic hydroxyl groups excluding tert-OH is 3. The van der Waals surface area contributed by atoms with Crippen LogP contribution in [0.2, 0.25) is 0 Å². The normalized spacial score (nSPS) is 14.7. The van der Waals surface area contributed by atoms with E-state index in [4.69, 9.17) is 11.5 Å². The van der Waals surface area contributed by atoms with E-state index in [1.807, 2.05) is 0 Å².